The van der Waals surface area contributed by atoms with E-state index >= 15 is 0 Å². The molecule has 3 N–H and O–H groups in total. The largest absolute Gasteiger partial charge is 0.491 e. The van der Waals surface area contributed by atoms with E-state index in [0.717, 1.165) is 4.90 Å². The molecule has 1 saturated heterocycles. The van der Waals surface area contributed by atoms with Crippen molar-refractivity contribution in [2.24, 2.45) is 5.73 Å². The summed E-state index contributed by atoms with van der Waals surface area (Å²) in [5, 5.41) is 2.17. The monoisotopic (exact) mass is 485 g/mol. The predicted molar refractivity (Wildman–Crippen MR) is 117 cm³/mol. The summed E-state index contributed by atoms with van der Waals surface area (Å²) in [4.78, 5) is 49.8. The van der Waals surface area contributed by atoms with Gasteiger partial charge in [-0.05, 0) is 24.6 Å². The number of benzene rings is 1. The lowest BCUT2D eigenvalue weighted by molar-refractivity contribution is -0.136. The minimum atomic E-state index is -0.993. The predicted octanol–water partition coefficient (Wildman–Crippen LogP) is -0.103. The Morgan fingerprint density at radius 3 is 2.12 bits per heavy atom. The number of nitrogens with two attached hydrogens (primary N) is 1. The van der Waals surface area contributed by atoms with E-state index in [2.05, 4.69) is 5.32 Å². The van der Waals surface area contributed by atoms with Gasteiger partial charge in [-0.3, -0.25) is 29.4 Å². The molecule has 2 aliphatic rings. The second-order valence-corrected chi connectivity index (χ2v) is 7.13. The van der Waals surface area contributed by atoms with E-state index in [1.165, 1.54) is 12.1 Å². The molecule has 0 spiro atoms. The normalized spacial score (nSPS) is 17.6. The van der Waals surface area contributed by atoms with Gasteiger partial charge in [0.05, 0.1) is 50.8 Å². The van der Waals surface area contributed by atoms with Crippen LogP contribution in [-0.2, 0) is 23.8 Å². The molecule has 2 aliphatic heterocycles. The molecular weight excluding hydrogens is 458 g/mol. The summed E-state index contributed by atoms with van der Waals surface area (Å²) in [6, 6.07) is 3.57. The summed E-state index contributed by atoms with van der Waals surface area (Å²) >= 11 is 0. The molecule has 0 bridgehead atoms. The van der Waals surface area contributed by atoms with E-state index in [0.29, 0.717) is 51.9 Å². The van der Waals surface area contributed by atoms with Crippen LogP contribution in [0.25, 0.3) is 0 Å². The third kappa shape index (κ3) is 6.95. The fourth-order valence-corrected chi connectivity index (χ4v) is 3.38. The van der Waals surface area contributed by atoms with Gasteiger partial charge in [-0.25, -0.2) is 0 Å². The summed E-state index contributed by atoms with van der Waals surface area (Å²) in [5.74, 6) is -1.77. The maximum Gasteiger partial charge on any atom is 0.262 e. The van der Waals surface area contributed by atoms with Crippen molar-refractivity contribution >= 4 is 36.0 Å². The number of amides is 4. The quantitative estimate of drug-likeness (QED) is 0.288. The van der Waals surface area contributed by atoms with Crippen molar-refractivity contribution in [2.45, 2.75) is 18.9 Å². The molecule has 1 atom stereocenters. The number of hydrogen-bond acceptors (Lipinski definition) is 9. The fraction of sp³-hybridized carbons (Fsp3) is 0.524. The summed E-state index contributed by atoms with van der Waals surface area (Å²) in [5.41, 5.74) is 5.68. The van der Waals surface area contributed by atoms with Crippen LogP contribution in [0.15, 0.2) is 18.2 Å². The van der Waals surface area contributed by atoms with Gasteiger partial charge in [-0.15, -0.1) is 12.4 Å². The minimum Gasteiger partial charge on any atom is -0.491 e. The van der Waals surface area contributed by atoms with E-state index < -0.39 is 29.7 Å². The van der Waals surface area contributed by atoms with Gasteiger partial charge in [0.2, 0.25) is 11.8 Å². The molecule has 0 aliphatic carbocycles. The molecule has 1 fully saturated rings. The highest BCUT2D eigenvalue weighted by Gasteiger charge is 2.44. The molecule has 1 unspecified atom stereocenters. The lowest BCUT2D eigenvalue weighted by Gasteiger charge is -2.27. The lowest BCUT2D eigenvalue weighted by Crippen LogP contribution is -2.54. The van der Waals surface area contributed by atoms with Crippen LogP contribution in [0, 0.1) is 0 Å². The van der Waals surface area contributed by atoms with Crippen molar-refractivity contribution in [3.8, 4) is 5.75 Å². The van der Waals surface area contributed by atoms with Gasteiger partial charge in [0.25, 0.3) is 11.8 Å². The summed E-state index contributed by atoms with van der Waals surface area (Å²) in [7, 11) is 0. The number of halogens is 1. The van der Waals surface area contributed by atoms with E-state index in [1.54, 1.807) is 6.07 Å². The van der Waals surface area contributed by atoms with Gasteiger partial charge in [-0.1, -0.05) is 0 Å². The van der Waals surface area contributed by atoms with E-state index in [-0.39, 0.29) is 43.0 Å². The maximum absolute atomic E-state index is 12.8. The average molecular weight is 486 g/mol. The molecule has 2 heterocycles. The van der Waals surface area contributed by atoms with Gasteiger partial charge in [0.1, 0.15) is 18.4 Å². The molecule has 0 aromatic heterocycles. The molecule has 3 rings (SSSR count). The SMILES string of the molecule is Cl.NCCOCCOCCOCCOc1ccc2c(c1)C(=O)N(C1CCC(=O)NC1=O)C2=O. The van der Waals surface area contributed by atoms with Crippen LogP contribution in [0.4, 0.5) is 0 Å². The highest BCUT2D eigenvalue weighted by Crippen LogP contribution is 2.30. The van der Waals surface area contributed by atoms with Crippen LogP contribution < -0.4 is 15.8 Å². The van der Waals surface area contributed by atoms with Crippen LogP contribution in [-0.4, -0.2) is 87.4 Å². The lowest BCUT2D eigenvalue weighted by atomic mass is 10.0. The molecule has 1 aromatic rings. The minimum absolute atomic E-state index is 0. The topological polar surface area (TPSA) is 146 Å². The Labute approximate surface area is 197 Å². The second kappa shape index (κ2) is 13.2. The molecule has 182 valence electrons. The number of imide groups is 2. The molecule has 0 radical (unpaired) electrons. The van der Waals surface area contributed by atoms with E-state index in [1.807, 2.05) is 0 Å². The van der Waals surface area contributed by atoms with Gasteiger partial charge < -0.3 is 24.7 Å². The van der Waals surface area contributed by atoms with Gasteiger partial charge >= 0.3 is 0 Å². The number of hydrogen-bond donors (Lipinski definition) is 2. The van der Waals surface area contributed by atoms with Crippen molar-refractivity contribution in [1.82, 2.24) is 10.2 Å². The third-order valence-electron chi connectivity index (χ3n) is 4.91. The summed E-state index contributed by atoms with van der Waals surface area (Å²) in [6.07, 6.45) is 0.187. The third-order valence-corrected chi connectivity index (χ3v) is 4.91. The van der Waals surface area contributed by atoms with Crippen molar-refractivity contribution in [3.63, 3.8) is 0 Å². The first-order valence-corrected chi connectivity index (χ1v) is 10.4. The standard InChI is InChI=1S/C21H27N3O8.ClH/c22-5-6-29-7-8-30-9-10-31-11-12-32-14-1-2-15-16(13-14)21(28)24(20(15)27)17-3-4-18(25)23-19(17)26;/h1-2,13,17H,3-12,22H2,(H,23,25,26);1H. The highest BCUT2D eigenvalue weighted by atomic mass is 35.5. The number of rotatable bonds is 13. The Bertz CT molecular complexity index is 866. The fourth-order valence-electron chi connectivity index (χ4n) is 3.38. The van der Waals surface area contributed by atoms with E-state index in [4.69, 9.17) is 24.7 Å². The summed E-state index contributed by atoms with van der Waals surface area (Å²) in [6.45, 7) is 3.34. The first kappa shape index (κ1) is 26.7. The Hall–Kier alpha value is -2.57. The van der Waals surface area contributed by atoms with Crippen molar-refractivity contribution < 1.29 is 38.1 Å². The number of ether oxygens (including phenoxy) is 4. The van der Waals surface area contributed by atoms with Gasteiger partial charge in [-0.2, -0.15) is 0 Å². The molecule has 12 heteroatoms. The Morgan fingerprint density at radius 1 is 0.879 bits per heavy atom. The zero-order chi connectivity index (χ0) is 22.9. The number of carbonyl (C=O) groups is 4. The van der Waals surface area contributed by atoms with Crippen molar-refractivity contribution in [2.75, 3.05) is 52.8 Å². The molecule has 4 amide bonds. The zero-order valence-electron chi connectivity index (χ0n) is 18.1. The Morgan fingerprint density at radius 2 is 1.48 bits per heavy atom. The Kier molecular flexibility index (Phi) is 10.7. The molecular formula is C21H28ClN3O8. The molecule has 11 nitrogen and oxygen atoms in total. The van der Waals surface area contributed by atoms with E-state index in [9.17, 15) is 19.2 Å². The molecule has 33 heavy (non-hydrogen) atoms. The smallest absolute Gasteiger partial charge is 0.262 e. The second-order valence-electron chi connectivity index (χ2n) is 7.13. The first-order valence-electron chi connectivity index (χ1n) is 10.4. The number of carbonyl (C=O) groups excluding carboxylic acids is 4. The number of fused-ring (bicyclic) bond motifs is 1. The number of piperidine rings is 1. The Balaban J connectivity index is 0.00000385. The van der Waals surface area contributed by atoms with Crippen LogP contribution >= 0.6 is 12.4 Å². The van der Waals surface area contributed by atoms with Gasteiger partial charge in [0.15, 0.2) is 0 Å². The summed E-state index contributed by atoms with van der Waals surface area (Å²) < 4.78 is 21.5. The maximum atomic E-state index is 12.8. The van der Waals surface area contributed by atoms with Crippen LogP contribution in [0.2, 0.25) is 0 Å². The average Bonchev–Trinajstić information content (AvgIpc) is 3.02. The molecule has 0 saturated carbocycles. The van der Waals surface area contributed by atoms with Crippen LogP contribution in [0.1, 0.15) is 33.6 Å². The highest BCUT2D eigenvalue weighted by molar-refractivity contribution is 6.23. The number of nitrogens with one attached hydrogen (secondary N) is 1. The number of nitrogens with zero attached hydrogens (tertiary/aromatic N) is 1. The van der Waals surface area contributed by atoms with Gasteiger partial charge in [0, 0.05) is 13.0 Å². The van der Waals surface area contributed by atoms with Crippen molar-refractivity contribution in [3.05, 3.63) is 29.3 Å². The van der Waals surface area contributed by atoms with Crippen LogP contribution in [0.5, 0.6) is 5.75 Å². The first-order chi connectivity index (χ1) is 15.5. The van der Waals surface area contributed by atoms with Crippen LogP contribution in [0.3, 0.4) is 0 Å². The zero-order valence-corrected chi connectivity index (χ0v) is 18.9. The molecule has 1 aromatic carbocycles. The van der Waals surface area contributed by atoms with Crippen molar-refractivity contribution in [1.29, 1.82) is 0 Å².